The number of aliphatic hydroxyl groups is 1. The van der Waals surface area contributed by atoms with Gasteiger partial charge in [0.05, 0.1) is 5.60 Å². The molecule has 0 radical (unpaired) electrons. The number of nitrogens with one attached hydrogen (secondary N) is 1. The molecule has 1 aromatic rings. The van der Waals surface area contributed by atoms with E-state index in [2.05, 4.69) is 22.1 Å². The van der Waals surface area contributed by atoms with Gasteiger partial charge in [0.1, 0.15) is 0 Å². The second kappa shape index (κ2) is 4.99. The van der Waals surface area contributed by atoms with E-state index in [-0.39, 0.29) is 0 Å². The maximum atomic E-state index is 10.4. The molecule has 1 aliphatic rings. The van der Waals surface area contributed by atoms with E-state index in [0.29, 0.717) is 6.54 Å². The van der Waals surface area contributed by atoms with Crippen molar-refractivity contribution in [2.45, 2.75) is 44.1 Å². The van der Waals surface area contributed by atoms with Gasteiger partial charge in [-0.25, -0.2) is 0 Å². The molecule has 0 saturated heterocycles. The minimum atomic E-state index is -0.474. The molecule has 0 spiro atoms. The number of thiophene rings is 1. The van der Waals surface area contributed by atoms with Gasteiger partial charge in [0.25, 0.3) is 0 Å². The molecule has 1 aromatic heterocycles. The van der Waals surface area contributed by atoms with Crippen LogP contribution in [-0.2, 0) is 0 Å². The Morgan fingerprint density at radius 1 is 1.27 bits per heavy atom. The van der Waals surface area contributed by atoms with Crippen LogP contribution in [0.4, 0.5) is 5.69 Å². The first-order valence-electron chi connectivity index (χ1n) is 5.77. The Hall–Kier alpha value is -0.540. The fourth-order valence-electron chi connectivity index (χ4n) is 2.20. The van der Waals surface area contributed by atoms with Crippen LogP contribution < -0.4 is 5.32 Å². The highest BCUT2D eigenvalue weighted by molar-refractivity contribution is 7.08. The highest BCUT2D eigenvalue weighted by atomic mass is 32.1. The fourth-order valence-corrected chi connectivity index (χ4v) is 2.81. The molecule has 1 saturated carbocycles. The first-order valence-corrected chi connectivity index (χ1v) is 6.71. The molecule has 15 heavy (non-hydrogen) atoms. The van der Waals surface area contributed by atoms with Gasteiger partial charge >= 0.3 is 0 Å². The monoisotopic (exact) mass is 225 g/mol. The van der Waals surface area contributed by atoms with E-state index in [0.717, 1.165) is 18.5 Å². The predicted molar refractivity (Wildman–Crippen MR) is 65.5 cm³/mol. The van der Waals surface area contributed by atoms with Gasteiger partial charge in [-0.05, 0) is 24.3 Å². The second-order valence-corrected chi connectivity index (χ2v) is 5.28. The third kappa shape index (κ3) is 3.21. The highest BCUT2D eigenvalue weighted by Crippen LogP contribution is 2.27. The van der Waals surface area contributed by atoms with Crippen molar-refractivity contribution in [1.82, 2.24) is 0 Å². The van der Waals surface area contributed by atoms with Crippen LogP contribution in [0.5, 0.6) is 0 Å². The maximum absolute atomic E-state index is 10.4. The van der Waals surface area contributed by atoms with Crippen LogP contribution >= 0.6 is 11.3 Å². The molecule has 1 fully saturated rings. The lowest BCUT2D eigenvalue weighted by atomic mass is 9.94. The molecule has 1 aliphatic carbocycles. The van der Waals surface area contributed by atoms with E-state index in [1.807, 2.05) is 0 Å². The van der Waals surface area contributed by atoms with Gasteiger partial charge < -0.3 is 10.4 Å². The van der Waals surface area contributed by atoms with Crippen LogP contribution in [0.3, 0.4) is 0 Å². The molecule has 1 heterocycles. The van der Waals surface area contributed by atoms with Crippen molar-refractivity contribution in [1.29, 1.82) is 0 Å². The van der Waals surface area contributed by atoms with Gasteiger partial charge in [-0.15, -0.1) is 0 Å². The SMILES string of the molecule is OC1(CNc2ccsc2)CCCCCC1. The summed E-state index contributed by atoms with van der Waals surface area (Å²) in [5.41, 5.74) is 0.663. The molecule has 0 atom stereocenters. The number of rotatable bonds is 3. The van der Waals surface area contributed by atoms with E-state index in [1.54, 1.807) is 11.3 Å². The molecule has 0 aliphatic heterocycles. The van der Waals surface area contributed by atoms with Crippen molar-refractivity contribution < 1.29 is 5.11 Å². The average Bonchev–Trinajstić information content (AvgIpc) is 2.65. The minimum absolute atomic E-state index is 0.474. The zero-order valence-electron chi connectivity index (χ0n) is 9.04. The molecule has 2 rings (SSSR count). The molecule has 0 bridgehead atoms. The summed E-state index contributed by atoms with van der Waals surface area (Å²) in [6.07, 6.45) is 6.79. The van der Waals surface area contributed by atoms with Crippen molar-refractivity contribution >= 4 is 17.0 Å². The van der Waals surface area contributed by atoms with E-state index < -0.39 is 5.60 Å². The number of hydrogen-bond donors (Lipinski definition) is 2. The van der Waals surface area contributed by atoms with E-state index in [4.69, 9.17) is 0 Å². The Labute approximate surface area is 95.3 Å². The van der Waals surface area contributed by atoms with Crippen LogP contribution in [0.2, 0.25) is 0 Å². The number of hydrogen-bond acceptors (Lipinski definition) is 3. The lowest BCUT2D eigenvalue weighted by Gasteiger charge is -2.27. The first kappa shape index (κ1) is 11.0. The molecule has 0 unspecified atom stereocenters. The first-order chi connectivity index (χ1) is 7.29. The lowest BCUT2D eigenvalue weighted by molar-refractivity contribution is 0.0381. The summed E-state index contributed by atoms with van der Waals surface area (Å²) >= 11 is 1.69. The smallest absolute Gasteiger partial charge is 0.0819 e. The zero-order chi connectivity index (χ0) is 10.6. The van der Waals surface area contributed by atoms with Gasteiger partial charge in [-0.2, -0.15) is 11.3 Å². The second-order valence-electron chi connectivity index (χ2n) is 4.50. The molecule has 2 N–H and O–H groups in total. The summed E-state index contributed by atoms with van der Waals surface area (Å²) in [6, 6.07) is 2.06. The third-order valence-corrected chi connectivity index (χ3v) is 3.86. The third-order valence-electron chi connectivity index (χ3n) is 3.18. The van der Waals surface area contributed by atoms with E-state index in [1.165, 1.54) is 25.7 Å². The summed E-state index contributed by atoms with van der Waals surface area (Å²) in [5.74, 6) is 0. The molecule has 3 heteroatoms. The Kier molecular flexibility index (Phi) is 3.65. The van der Waals surface area contributed by atoms with Crippen LogP contribution in [0.1, 0.15) is 38.5 Å². The highest BCUT2D eigenvalue weighted by Gasteiger charge is 2.27. The summed E-state index contributed by atoms with van der Waals surface area (Å²) < 4.78 is 0. The van der Waals surface area contributed by atoms with Crippen LogP contribution in [0, 0.1) is 0 Å². The van der Waals surface area contributed by atoms with Gasteiger partial charge in [0.15, 0.2) is 0 Å². The summed E-state index contributed by atoms with van der Waals surface area (Å²) in [6.45, 7) is 0.698. The Bertz CT molecular complexity index is 276. The largest absolute Gasteiger partial charge is 0.388 e. The zero-order valence-corrected chi connectivity index (χ0v) is 9.85. The van der Waals surface area contributed by atoms with E-state index in [9.17, 15) is 5.11 Å². The van der Waals surface area contributed by atoms with Crippen LogP contribution in [0.15, 0.2) is 16.8 Å². The summed E-state index contributed by atoms with van der Waals surface area (Å²) in [7, 11) is 0. The van der Waals surface area contributed by atoms with Crippen molar-refractivity contribution in [3.63, 3.8) is 0 Å². The quantitative estimate of drug-likeness (QED) is 0.774. The molecular formula is C12H19NOS. The molecule has 84 valence electrons. The van der Waals surface area contributed by atoms with Gasteiger partial charge in [0.2, 0.25) is 0 Å². The predicted octanol–water partition coefficient (Wildman–Crippen LogP) is 3.25. The van der Waals surface area contributed by atoms with E-state index >= 15 is 0 Å². The molecule has 2 nitrogen and oxygen atoms in total. The molecule has 0 aromatic carbocycles. The van der Waals surface area contributed by atoms with Crippen molar-refractivity contribution in [3.05, 3.63) is 16.8 Å². The minimum Gasteiger partial charge on any atom is -0.388 e. The summed E-state index contributed by atoms with van der Waals surface area (Å²) in [4.78, 5) is 0. The lowest BCUT2D eigenvalue weighted by Crippen LogP contribution is -2.36. The molecule has 0 amide bonds. The topological polar surface area (TPSA) is 32.3 Å². The van der Waals surface area contributed by atoms with Crippen molar-refractivity contribution in [3.8, 4) is 0 Å². The standard InChI is InChI=1S/C12H19NOS/c14-12(6-3-1-2-4-7-12)10-13-11-5-8-15-9-11/h5,8-9,13-14H,1-4,6-7,10H2. The fraction of sp³-hybridized carbons (Fsp3) is 0.667. The van der Waals surface area contributed by atoms with Gasteiger partial charge in [-0.1, -0.05) is 25.7 Å². The van der Waals surface area contributed by atoms with Crippen LogP contribution in [-0.4, -0.2) is 17.3 Å². The average molecular weight is 225 g/mol. The Morgan fingerprint density at radius 2 is 2.00 bits per heavy atom. The van der Waals surface area contributed by atoms with Crippen molar-refractivity contribution in [2.24, 2.45) is 0 Å². The maximum Gasteiger partial charge on any atom is 0.0819 e. The summed E-state index contributed by atoms with van der Waals surface area (Å²) in [5, 5.41) is 17.9. The van der Waals surface area contributed by atoms with Crippen molar-refractivity contribution in [2.75, 3.05) is 11.9 Å². The normalized spacial score (nSPS) is 20.9. The van der Waals surface area contributed by atoms with Crippen LogP contribution in [0.25, 0.3) is 0 Å². The van der Waals surface area contributed by atoms with Gasteiger partial charge in [0, 0.05) is 17.6 Å². The van der Waals surface area contributed by atoms with Gasteiger partial charge in [-0.3, -0.25) is 0 Å². The molecular weight excluding hydrogens is 206 g/mol. The Morgan fingerprint density at radius 3 is 2.60 bits per heavy atom. The number of anilines is 1. The Balaban J connectivity index is 1.86.